The highest BCUT2D eigenvalue weighted by atomic mass is 19.4. The summed E-state index contributed by atoms with van der Waals surface area (Å²) in [6, 6.07) is 0.212. The number of esters is 3. The van der Waals surface area contributed by atoms with Crippen LogP contribution in [0.2, 0.25) is 0 Å². The van der Waals surface area contributed by atoms with Crippen LogP contribution in [-0.2, 0) is 40.9 Å². The van der Waals surface area contributed by atoms with Gasteiger partial charge >= 0.3 is 30.3 Å². The van der Waals surface area contributed by atoms with Crippen LogP contribution in [0, 0.1) is 5.92 Å². The van der Waals surface area contributed by atoms with Crippen molar-refractivity contribution in [2.75, 3.05) is 0 Å². The number of ether oxygens (including phenoxy) is 3. The van der Waals surface area contributed by atoms with Gasteiger partial charge < -0.3 is 14.2 Å². The number of rotatable bonds is 4. The van der Waals surface area contributed by atoms with Crippen molar-refractivity contribution < 1.29 is 59.7 Å². The maximum atomic E-state index is 13.4. The van der Waals surface area contributed by atoms with Gasteiger partial charge in [-0.15, -0.1) is 0 Å². The maximum Gasteiger partial charge on any atom is 0.416 e. The first kappa shape index (κ1) is 31.4. The first-order valence-corrected chi connectivity index (χ1v) is 12.0. The Morgan fingerprint density at radius 1 is 0.951 bits per heavy atom. The van der Waals surface area contributed by atoms with Crippen molar-refractivity contribution in [1.29, 1.82) is 0 Å². The number of halogens is 6. The second-order valence-corrected chi connectivity index (χ2v) is 9.75. The SMILES string of the molecule is C=C(C)C(=O)O[C@H]1C/C(C)=C/C(=O)/C=C(/C)C(OC(=O)c2cc(C(F)(F)F)cc(C(F)(F)F)c2)[C@H]2OC(=O)C(=C)C21. The van der Waals surface area contributed by atoms with E-state index < -0.39 is 77.0 Å². The molecule has 220 valence electrons. The second-order valence-electron chi connectivity index (χ2n) is 9.75. The van der Waals surface area contributed by atoms with E-state index in [0.29, 0.717) is 5.57 Å². The Balaban J connectivity index is 2.13. The van der Waals surface area contributed by atoms with Crippen molar-refractivity contribution in [2.45, 2.75) is 57.9 Å². The van der Waals surface area contributed by atoms with Crippen LogP contribution in [0.1, 0.15) is 48.7 Å². The molecule has 3 rings (SSSR count). The predicted molar refractivity (Wildman–Crippen MR) is 130 cm³/mol. The fourth-order valence-corrected chi connectivity index (χ4v) is 4.42. The Kier molecular flexibility index (Phi) is 8.70. The number of alkyl halides is 6. The molecule has 1 fully saturated rings. The van der Waals surface area contributed by atoms with E-state index in [4.69, 9.17) is 14.2 Å². The molecule has 0 saturated carbocycles. The van der Waals surface area contributed by atoms with Gasteiger partial charge in [0.2, 0.25) is 0 Å². The molecule has 13 heteroatoms. The van der Waals surface area contributed by atoms with Crippen molar-refractivity contribution in [3.8, 4) is 0 Å². The summed E-state index contributed by atoms with van der Waals surface area (Å²) in [5.41, 5.74) is -4.41. The van der Waals surface area contributed by atoms with Crippen LogP contribution >= 0.6 is 0 Å². The molecule has 1 aliphatic heterocycles. The molecule has 41 heavy (non-hydrogen) atoms. The fourth-order valence-electron chi connectivity index (χ4n) is 4.42. The standard InChI is InChI=1S/C28H24F6O7/c1-12(2)24(36)39-20-7-13(3)6-19(35)8-14(4)22(23-21(20)15(5)25(37)41-23)40-26(38)16-9-17(27(29,30)31)11-18(10-16)28(32,33)34/h6,8-11,20-23H,1,5,7H2,2-4H3/b13-6+,14-8-/t20-,21?,22?,23-/m0/s1. The lowest BCUT2D eigenvalue weighted by atomic mass is 9.82. The van der Waals surface area contributed by atoms with Crippen molar-refractivity contribution in [1.82, 2.24) is 0 Å². The Bertz CT molecular complexity index is 1350. The quantitative estimate of drug-likeness (QED) is 0.193. The summed E-state index contributed by atoms with van der Waals surface area (Å²) in [6.45, 7) is 11.4. The Hall–Kier alpha value is -4.16. The molecule has 1 saturated heterocycles. The average Bonchev–Trinajstić information content (AvgIpc) is 3.13. The van der Waals surface area contributed by atoms with Crippen LogP contribution in [0.15, 0.2) is 65.8 Å². The number of hydrogen-bond donors (Lipinski definition) is 0. The predicted octanol–water partition coefficient (Wildman–Crippen LogP) is 5.70. The van der Waals surface area contributed by atoms with E-state index in [9.17, 15) is 45.5 Å². The van der Waals surface area contributed by atoms with Gasteiger partial charge in [-0.1, -0.05) is 18.7 Å². The third kappa shape index (κ3) is 7.14. The summed E-state index contributed by atoms with van der Waals surface area (Å²) in [5, 5.41) is 0. The van der Waals surface area contributed by atoms with Crippen LogP contribution in [0.25, 0.3) is 0 Å². The average molecular weight is 586 g/mol. The third-order valence-corrected chi connectivity index (χ3v) is 6.36. The zero-order valence-corrected chi connectivity index (χ0v) is 21.9. The summed E-state index contributed by atoms with van der Waals surface area (Å²) in [7, 11) is 0. The van der Waals surface area contributed by atoms with Crippen LogP contribution in [0.4, 0.5) is 26.3 Å². The molecule has 1 aromatic carbocycles. The lowest BCUT2D eigenvalue weighted by Gasteiger charge is -2.32. The monoisotopic (exact) mass is 586 g/mol. The molecule has 4 atom stereocenters. The fraction of sp³-hybridized carbons (Fsp3) is 0.357. The molecule has 1 aliphatic carbocycles. The molecule has 7 nitrogen and oxygen atoms in total. The van der Waals surface area contributed by atoms with Gasteiger partial charge in [-0.05, 0) is 56.7 Å². The van der Waals surface area contributed by atoms with Crippen molar-refractivity contribution in [3.63, 3.8) is 0 Å². The minimum Gasteiger partial charge on any atom is -0.458 e. The Morgan fingerprint density at radius 2 is 1.51 bits per heavy atom. The smallest absolute Gasteiger partial charge is 0.416 e. The van der Waals surface area contributed by atoms with Crippen LogP contribution in [0.5, 0.6) is 0 Å². The molecule has 1 heterocycles. The number of hydrogen-bond acceptors (Lipinski definition) is 7. The summed E-state index contributed by atoms with van der Waals surface area (Å²) >= 11 is 0. The van der Waals surface area contributed by atoms with Crippen LogP contribution < -0.4 is 0 Å². The lowest BCUT2D eigenvalue weighted by molar-refractivity contribution is -0.151. The molecule has 0 amide bonds. The molecular weight excluding hydrogens is 562 g/mol. The summed E-state index contributed by atoms with van der Waals surface area (Å²) < 4.78 is 96.4. The zero-order chi connectivity index (χ0) is 31.0. The molecule has 1 aromatic rings. The van der Waals surface area contributed by atoms with Gasteiger partial charge in [0.05, 0.1) is 22.6 Å². The minimum atomic E-state index is -5.23. The summed E-state index contributed by atoms with van der Waals surface area (Å²) in [5.74, 6) is -5.27. The highest BCUT2D eigenvalue weighted by Crippen LogP contribution is 2.40. The van der Waals surface area contributed by atoms with Gasteiger partial charge in [-0.2, -0.15) is 26.3 Å². The first-order chi connectivity index (χ1) is 18.8. The Morgan fingerprint density at radius 3 is 2.02 bits per heavy atom. The molecule has 0 radical (unpaired) electrons. The number of carbonyl (C=O) groups excluding carboxylic acids is 4. The van der Waals surface area contributed by atoms with E-state index >= 15 is 0 Å². The van der Waals surface area contributed by atoms with Gasteiger partial charge in [0.25, 0.3) is 0 Å². The number of benzene rings is 1. The van der Waals surface area contributed by atoms with Gasteiger partial charge in [0, 0.05) is 17.6 Å². The van der Waals surface area contributed by atoms with Gasteiger partial charge in [0.15, 0.2) is 18.0 Å². The topological polar surface area (TPSA) is 96.0 Å². The van der Waals surface area contributed by atoms with E-state index in [2.05, 4.69) is 13.2 Å². The maximum absolute atomic E-state index is 13.4. The number of fused-ring (bicyclic) bond motifs is 1. The molecule has 2 unspecified atom stereocenters. The van der Waals surface area contributed by atoms with Crippen molar-refractivity contribution >= 4 is 23.7 Å². The molecule has 0 spiro atoms. The van der Waals surface area contributed by atoms with E-state index in [1.165, 1.54) is 19.9 Å². The molecule has 0 aromatic heterocycles. The summed E-state index contributed by atoms with van der Waals surface area (Å²) in [4.78, 5) is 50.7. The Labute approximate surface area is 230 Å². The summed E-state index contributed by atoms with van der Waals surface area (Å²) in [6.07, 6.45) is -12.8. The highest BCUT2D eigenvalue weighted by Gasteiger charge is 2.51. The number of carbonyl (C=O) groups is 4. The number of ketones is 1. The molecular formula is C28H24F6O7. The van der Waals surface area contributed by atoms with E-state index in [1.807, 2.05) is 0 Å². The molecule has 0 bridgehead atoms. The minimum absolute atomic E-state index is 0.00345. The van der Waals surface area contributed by atoms with E-state index in [0.717, 1.165) is 6.08 Å². The van der Waals surface area contributed by atoms with Crippen LogP contribution in [-0.4, -0.2) is 42.0 Å². The molecule has 2 aliphatic rings. The normalized spacial score (nSPS) is 26.1. The zero-order valence-electron chi connectivity index (χ0n) is 21.9. The number of allylic oxidation sites excluding steroid dienone is 2. The van der Waals surface area contributed by atoms with Gasteiger partial charge in [-0.3, -0.25) is 4.79 Å². The van der Waals surface area contributed by atoms with E-state index in [-0.39, 0.29) is 41.3 Å². The largest absolute Gasteiger partial charge is 0.458 e. The van der Waals surface area contributed by atoms with Gasteiger partial charge in [-0.25, -0.2) is 14.4 Å². The van der Waals surface area contributed by atoms with E-state index in [1.54, 1.807) is 6.92 Å². The van der Waals surface area contributed by atoms with Crippen molar-refractivity contribution in [3.05, 3.63) is 82.5 Å². The highest BCUT2D eigenvalue weighted by molar-refractivity contribution is 6.00. The van der Waals surface area contributed by atoms with Crippen molar-refractivity contribution in [2.24, 2.45) is 5.92 Å². The molecule has 0 N–H and O–H groups in total. The second kappa shape index (κ2) is 11.4. The first-order valence-electron chi connectivity index (χ1n) is 12.0. The van der Waals surface area contributed by atoms with Gasteiger partial charge in [0.1, 0.15) is 6.10 Å². The lowest BCUT2D eigenvalue weighted by Crippen LogP contribution is -2.43. The third-order valence-electron chi connectivity index (χ3n) is 6.36. The van der Waals surface area contributed by atoms with Crippen LogP contribution in [0.3, 0.4) is 0 Å².